The first-order chi connectivity index (χ1) is 14.2. The van der Waals surface area contributed by atoms with E-state index < -0.39 is 0 Å². The summed E-state index contributed by atoms with van der Waals surface area (Å²) in [6, 6.07) is 23.3. The molecule has 5 rings (SSSR count). The van der Waals surface area contributed by atoms with Gasteiger partial charge in [-0.3, -0.25) is 9.59 Å². The first-order valence-electron chi connectivity index (χ1n) is 9.84. The molecule has 0 aliphatic heterocycles. The number of fused-ring (bicyclic) bond motifs is 3. The standard InChI is InChI=1S/C25H20N2O2/c28-24(18-11-9-17(10-12-18)16-5-2-1-3-6-16)26-19-13-14-21-20-7-4-8-22(20)25(29)27-23(21)15-19/h1-3,5-6,9-15H,4,7-8H2,(H,26,28)(H,27,29). The number of H-pyrrole nitrogens is 1. The predicted octanol–water partition coefficient (Wildman–Crippen LogP) is 4.94. The Morgan fingerprint density at radius 1 is 0.828 bits per heavy atom. The van der Waals surface area contributed by atoms with E-state index in [1.165, 1.54) is 0 Å². The fourth-order valence-corrected chi connectivity index (χ4v) is 4.13. The van der Waals surface area contributed by atoms with E-state index in [-0.39, 0.29) is 11.5 Å². The van der Waals surface area contributed by atoms with Gasteiger partial charge in [-0.1, -0.05) is 48.5 Å². The Morgan fingerprint density at radius 2 is 1.55 bits per heavy atom. The quantitative estimate of drug-likeness (QED) is 0.529. The number of anilines is 1. The molecule has 0 saturated heterocycles. The van der Waals surface area contributed by atoms with Gasteiger partial charge in [0.1, 0.15) is 0 Å². The number of pyridine rings is 1. The molecule has 0 radical (unpaired) electrons. The summed E-state index contributed by atoms with van der Waals surface area (Å²) < 4.78 is 0. The van der Waals surface area contributed by atoms with Gasteiger partial charge < -0.3 is 10.3 Å². The smallest absolute Gasteiger partial charge is 0.255 e. The fraction of sp³-hybridized carbons (Fsp3) is 0.120. The molecule has 0 saturated carbocycles. The Hall–Kier alpha value is -3.66. The van der Waals surface area contributed by atoms with Gasteiger partial charge in [-0.25, -0.2) is 0 Å². The molecule has 0 spiro atoms. The second-order valence-electron chi connectivity index (χ2n) is 7.42. The summed E-state index contributed by atoms with van der Waals surface area (Å²) in [6.45, 7) is 0. The van der Waals surface area contributed by atoms with Crippen LogP contribution >= 0.6 is 0 Å². The van der Waals surface area contributed by atoms with Crippen molar-refractivity contribution in [1.82, 2.24) is 4.98 Å². The summed E-state index contributed by atoms with van der Waals surface area (Å²) in [5, 5.41) is 4.01. The highest BCUT2D eigenvalue weighted by atomic mass is 16.1. The van der Waals surface area contributed by atoms with Gasteiger partial charge >= 0.3 is 0 Å². The van der Waals surface area contributed by atoms with Crippen molar-refractivity contribution in [3.63, 3.8) is 0 Å². The zero-order valence-corrected chi connectivity index (χ0v) is 15.9. The molecule has 4 nitrogen and oxygen atoms in total. The van der Waals surface area contributed by atoms with Crippen LogP contribution in [0.15, 0.2) is 77.6 Å². The zero-order valence-electron chi connectivity index (χ0n) is 15.9. The zero-order chi connectivity index (χ0) is 19.8. The molecule has 4 aromatic rings. The third kappa shape index (κ3) is 3.23. The van der Waals surface area contributed by atoms with Crippen molar-refractivity contribution in [2.75, 3.05) is 5.32 Å². The van der Waals surface area contributed by atoms with Crippen LogP contribution in [0.3, 0.4) is 0 Å². The fourth-order valence-electron chi connectivity index (χ4n) is 4.13. The third-order valence-electron chi connectivity index (χ3n) is 5.60. The van der Waals surface area contributed by atoms with Crippen molar-refractivity contribution in [2.24, 2.45) is 0 Å². The highest BCUT2D eigenvalue weighted by Gasteiger charge is 2.18. The van der Waals surface area contributed by atoms with Crippen molar-refractivity contribution in [1.29, 1.82) is 0 Å². The van der Waals surface area contributed by atoms with Gasteiger partial charge in [0.15, 0.2) is 0 Å². The van der Waals surface area contributed by atoms with Crippen molar-refractivity contribution >= 4 is 22.5 Å². The molecule has 142 valence electrons. The number of aromatic nitrogens is 1. The Morgan fingerprint density at radius 3 is 2.34 bits per heavy atom. The van der Waals surface area contributed by atoms with E-state index in [9.17, 15) is 9.59 Å². The maximum Gasteiger partial charge on any atom is 0.255 e. The number of aromatic amines is 1. The lowest BCUT2D eigenvalue weighted by Gasteiger charge is -2.10. The monoisotopic (exact) mass is 380 g/mol. The summed E-state index contributed by atoms with van der Waals surface area (Å²) >= 11 is 0. The van der Waals surface area contributed by atoms with Crippen molar-refractivity contribution in [3.8, 4) is 11.1 Å². The number of aryl methyl sites for hydroxylation is 1. The van der Waals surface area contributed by atoms with Crippen LogP contribution in [0, 0.1) is 0 Å². The Balaban J connectivity index is 1.40. The average Bonchev–Trinajstić information content (AvgIpc) is 3.25. The Labute approximate surface area is 168 Å². The molecule has 1 aromatic heterocycles. The number of nitrogens with one attached hydrogen (secondary N) is 2. The number of carbonyl (C=O) groups is 1. The van der Waals surface area contributed by atoms with Gasteiger partial charge in [0.25, 0.3) is 11.5 Å². The third-order valence-corrected chi connectivity index (χ3v) is 5.60. The Kier molecular flexibility index (Phi) is 4.24. The van der Waals surface area contributed by atoms with Crippen LogP contribution in [0.25, 0.3) is 22.0 Å². The topological polar surface area (TPSA) is 62.0 Å². The van der Waals surface area contributed by atoms with Crippen LogP contribution in [-0.2, 0) is 12.8 Å². The normalized spacial score (nSPS) is 12.7. The van der Waals surface area contributed by atoms with Crippen LogP contribution in [0.4, 0.5) is 5.69 Å². The molecule has 0 atom stereocenters. The van der Waals surface area contributed by atoms with E-state index in [0.29, 0.717) is 11.3 Å². The maximum atomic E-state index is 12.7. The van der Waals surface area contributed by atoms with E-state index in [0.717, 1.165) is 52.4 Å². The molecule has 29 heavy (non-hydrogen) atoms. The van der Waals surface area contributed by atoms with Crippen LogP contribution in [0.5, 0.6) is 0 Å². The first kappa shape index (κ1) is 17.4. The van der Waals surface area contributed by atoms with Gasteiger partial charge in [0.2, 0.25) is 0 Å². The molecular weight excluding hydrogens is 360 g/mol. The Bertz CT molecular complexity index is 1270. The van der Waals surface area contributed by atoms with Gasteiger partial charge in [0.05, 0.1) is 5.52 Å². The van der Waals surface area contributed by atoms with Crippen LogP contribution in [0.1, 0.15) is 27.9 Å². The molecular formula is C25H20N2O2. The molecule has 1 amide bonds. The molecule has 0 bridgehead atoms. The molecule has 4 heteroatoms. The molecule has 2 N–H and O–H groups in total. The van der Waals surface area contributed by atoms with Crippen LogP contribution in [0.2, 0.25) is 0 Å². The van der Waals surface area contributed by atoms with E-state index in [1.54, 1.807) is 0 Å². The number of carbonyl (C=O) groups excluding carboxylic acids is 1. The number of rotatable bonds is 3. The molecule has 1 aliphatic carbocycles. The van der Waals surface area contributed by atoms with Gasteiger partial charge in [0, 0.05) is 22.2 Å². The van der Waals surface area contributed by atoms with Gasteiger partial charge in [-0.05, 0) is 60.2 Å². The molecule has 1 aliphatic rings. The minimum atomic E-state index is -0.174. The van der Waals surface area contributed by atoms with Gasteiger partial charge in [-0.2, -0.15) is 0 Å². The number of hydrogen-bond acceptors (Lipinski definition) is 2. The van der Waals surface area contributed by atoms with E-state index in [2.05, 4.69) is 10.3 Å². The minimum absolute atomic E-state index is 0.00928. The summed E-state index contributed by atoms with van der Waals surface area (Å²) in [5.74, 6) is -0.174. The summed E-state index contributed by atoms with van der Waals surface area (Å²) in [4.78, 5) is 27.9. The highest BCUT2D eigenvalue weighted by Crippen LogP contribution is 2.28. The summed E-state index contributed by atoms with van der Waals surface area (Å²) in [6.07, 6.45) is 2.81. The lowest BCUT2D eigenvalue weighted by Crippen LogP contribution is -2.14. The second-order valence-corrected chi connectivity index (χ2v) is 7.42. The van der Waals surface area contributed by atoms with Crippen LogP contribution in [-0.4, -0.2) is 10.9 Å². The first-order valence-corrected chi connectivity index (χ1v) is 9.84. The SMILES string of the molecule is O=C(Nc1ccc2c3c(c(=O)[nH]c2c1)CCC3)c1ccc(-c2ccccc2)cc1. The molecule has 0 fully saturated rings. The lowest BCUT2D eigenvalue weighted by atomic mass is 10.0. The molecule has 1 heterocycles. The van der Waals surface area contributed by atoms with Crippen molar-refractivity contribution < 1.29 is 4.79 Å². The largest absolute Gasteiger partial charge is 0.322 e. The predicted molar refractivity (Wildman–Crippen MR) is 116 cm³/mol. The van der Waals surface area contributed by atoms with Gasteiger partial charge in [-0.15, -0.1) is 0 Å². The summed E-state index contributed by atoms with van der Waals surface area (Å²) in [5.41, 5.74) is 6.27. The van der Waals surface area contributed by atoms with E-state index in [1.807, 2.05) is 72.8 Å². The maximum absolute atomic E-state index is 12.7. The van der Waals surface area contributed by atoms with E-state index >= 15 is 0 Å². The second kappa shape index (κ2) is 7.06. The highest BCUT2D eigenvalue weighted by molar-refractivity contribution is 6.05. The summed E-state index contributed by atoms with van der Waals surface area (Å²) in [7, 11) is 0. The minimum Gasteiger partial charge on any atom is -0.322 e. The van der Waals surface area contributed by atoms with Crippen molar-refractivity contribution in [3.05, 3.63) is 99.8 Å². The number of amides is 1. The van der Waals surface area contributed by atoms with Crippen LogP contribution < -0.4 is 10.9 Å². The molecule has 0 unspecified atom stereocenters. The average molecular weight is 380 g/mol. The van der Waals surface area contributed by atoms with E-state index in [4.69, 9.17) is 0 Å². The number of hydrogen-bond donors (Lipinski definition) is 2. The van der Waals surface area contributed by atoms with Crippen molar-refractivity contribution in [2.45, 2.75) is 19.3 Å². The molecule has 3 aromatic carbocycles. The number of benzene rings is 3. The lowest BCUT2D eigenvalue weighted by molar-refractivity contribution is 0.102.